The summed E-state index contributed by atoms with van der Waals surface area (Å²) in [5, 5.41) is 2.02. The Kier molecular flexibility index (Phi) is 4.14. The molecule has 1 atom stereocenters. The van der Waals surface area contributed by atoms with Gasteiger partial charge in [0.05, 0.1) is 12.5 Å². The van der Waals surface area contributed by atoms with Crippen molar-refractivity contribution in [1.82, 2.24) is 0 Å². The second-order valence-electron chi connectivity index (χ2n) is 3.15. The third-order valence-corrected chi connectivity index (χ3v) is 3.12. The van der Waals surface area contributed by atoms with Gasteiger partial charge in [0, 0.05) is 4.88 Å². The number of carbonyl (C=O) groups excluding carboxylic acids is 1. The summed E-state index contributed by atoms with van der Waals surface area (Å²) in [6.07, 6.45) is 0.802. The molecule has 1 aromatic rings. The summed E-state index contributed by atoms with van der Waals surface area (Å²) in [4.78, 5) is 12.8. The molecule has 0 spiro atoms. The van der Waals surface area contributed by atoms with Crippen LogP contribution in [0.25, 0.3) is 0 Å². The number of thiophene rings is 1. The Morgan fingerprint density at radius 3 is 2.71 bits per heavy atom. The number of aryl methyl sites for hydroxylation is 1. The third-order valence-electron chi connectivity index (χ3n) is 2.25. The molecule has 0 aliphatic carbocycles. The van der Waals surface area contributed by atoms with Crippen molar-refractivity contribution in [1.29, 1.82) is 0 Å². The van der Waals surface area contributed by atoms with Crippen LogP contribution in [-0.2, 0) is 9.53 Å². The fraction of sp³-hybridized carbons (Fsp3) is 0.545. The van der Waals surface area contributed by atoms with E-state index in [2.05, 4.69) is 0 Å². The van der Waals surface area contributed by atoms with Gasteiger partial charge >= 0.3 is 5.97 Å². The van der Waals surface area contributed by atoms with Gasteiger partial charge in [0.15, 0.2) is 0 Å². The number of esters is 1. The third kappa shape index (κ3) is 2.35. The van der Waals surface area contributed by atoms with Crippen LogP contribution < -0.4 is 0 Å². The lowest BCUT2D eigenvalue weighted by Gasteiger charge is -2.13. The molecule has 3 heteroatoms. The summed E-state index contributed by atoms with van der Waals surface area (Å²) < 4.78 is 5.04. The minimum Gasteiger partial charge on any atom is -0.466 e. The van der Waals surface area contributed by atoms with Gasteiger partial charge in [-0.15, -0.1) is 11.3 Å². The topological polar surface area (TPSA) is 26.3 Å². The van der Waals surface area contributed by atoms with E-state index < -0.39 is 0 Å². The predicted octanol–water partition coefficient (Wildman–Crippen LogP) is 3.11. The van der Waals surface area contributed by atoms with Gasteiger partial charge in [-0.2, -0.15) is 0 Å². The number of ether oxygens (including phenoxy) is 1. The fourth-order valence-corrected chi connectivity index (χ4v) is 2.28. The van der Waals surface area contributed by atoms with E-state index in [-0.39, 0.29) is 11.9 Å². The maximum Gasteiger partial charge on any atom is 0.313 e. The monoisotopic (exact) mass is 212 g/mol. The van der Waals surface area contributed by atoms with Crippen LogP contribution in [0.15, 0.2) is 11.4 Å². The first-order valence-corrected chi connectivity index (χ1v) is 5.79. The Morgan fingerprint density at radius 2 is 2.29 bits per heavy atom. The van der Waals surface area contributed by atoms with E-state index in [1.807, 2.05) is 32.2 Å². The van der Waals surface area contributed by atoms with Gasteiger partial charge in [-0.1, -0.05) is 6.92 Å². The molecule has 78 valence electrons. The zero-order valence-electron chi connectivity index (χ0n) is 8.87. The highest BCUT2D eigenvalue weighted by Crippen LogP contribution is 2.27. The molecule has 0 N–H and O–H groups in total. The van der Waals surface area contributed by atoms with Crippen molar-refractivity contribution in [3.05, 3.63) is 21.9 Å². The van der Waals surface area contributed by atoms with Crippen molar-refractivity contribution in [3.8, 4) is 0 Å². The first-order chi connectivity index (χ1) is 6.70. The minimum atomic E-state index is -0.100. The highest BCUT2D eigenvalue weighted by atomic mass is 32.1. The molecule has 0 aliphatic rings. The Balaban J connectivity index is 2.82. The van der Waals surface area contributed by atoms with Crippen LogP contribution in [0.1, 0.15) is 36.6 Å². The first-order valence-electron chi connectivity index (χ1n) is 4.91. The summed E-state index contributed by atoms with van der Waals surface area (Å²) >= 11 is 1.68. The van der Waals surface area contributed by atoms with Crippen LogP contribution >= 0.6 is 11.3 Å². The van der Waals surface area contributed by atoms with Gasteiger partial charge in [0.1, 0.15) is 0 Å². The molecule has 0 saturated carbocycles. The van der Waals surface area contributed by atoms with Crippen molar-refractivity contribution in [2.24, 2.45) is 0 Å². The molecule has 0 radical (unpaired) electrons. The zero-order valence-corrected chi connectivity index (χ0v) is 9.69. The number of rotatable bonds is 4. The van der Waals surface area contributed by atoms with Gasteiger partial charge in [-0.3, -0.25) is 4.79 Å². The van der Waals surface area contributed by atoms with Crippen LogP contribution in [0.5, 0.6) is 0 Å². The molecule has 1 rings (SSSR count). The Morgan fingerprint density at radius 1 is 1.57 bits per heavy atom. The number of hydrogen-bond donors (Lipinski definition) is 0. The zero-order chi connectivity index (χ0) is 10.6. The van der Waals surface area contributed by atoms with Crippen LogP contribution in [0, 0.1) is 6.92 Å². The minimum absolute atomic E-state index is 0.0822. The van der Waals surface area contributed by atoms with E-state index in [4.69, 9.17) is 4.74 Å². The fourth-order valence-electron chi connectivity index (χ4n) is 1.51. The van der Waals surface area contributed by atoms with E-state index in [1.54, 1.807) is 11.3 Å². The molecule has 0 fully saturated rings. The lowest BCUT2D eigenvalue weighted by Crippen LogP contribution is -2.15. The molecule has 0 aromatic carbocycles. The molecule has 0 aliphatic heterocycles. The van der Waals surface area contributed by atoms with E-state index in [1.165, 1.54) is 4.88 Å². The molecule has 1 aromatic heterocycles. The highest BCUT2D eigenvalue weighted by molar-refractivity contribution is 7.10. The Bertz CT molecular complexity index is 304. The van der Waals surface area contributed by atoms with Crippen LogP contribution in [0.2, 0.25) is 0 Å². The smallest absolute Gasteiger partial charge is 0.313 e. The van der Waals surface area contributed by atoms with Gasteiger partial charge in [-0.25, -0.2) is 0 Å². The first kappa shape index (κ1) is 11.2. The normalized spacial score (nSPS) is 12.5. The standard InChI is InChI=1S/C11H16O2S/c1-4-9(11(12)13-5-2)10-6-7-14-8(10)3/h6-7,9H,4-5H2,1-3H3. The Hall–Kier alpha value is -0.830. The summed E-state index contributed by atoms with van der Waals surface area (Å²) in [5.41, 5.74) is 1.12. The second kappa shape index (κ2) is 5.15. The highest BCUT2D eigenvalue weighted by Gasteiger charge is 2.21. The molecule has 1 unspecified atom stereocenters. The largest absolute Gasteiger partial charge is 0.466 e. The maximum absolute atomic E-state index is 11.6. The van der Waals surface area contributed by atoms with Gasteiger partial charge in [-0.05, 0) is 37.3 Å². The average molecular weight is 212 g/mol. The molecular formula is C11H16O2S. The summed E-state index contributed by atoms with van der Waals surface area (Å²) in [5.74, 6) is -0.183. The van der Waals surface area contributed by atoms with Crippen molar-refractivity contribution in [3.63, 3.8) is 0 Å². The van der Waals surface area contributed by atoms with Crippen LogP contribution in [0.4, 0.5) is 0 Å². The van der Waals surface area contributed by atoms with Crippen LogP contribution in [0.3, 0.4) is 0 Å². The predicted molar refractivity (Wildman–Crippen MR) is 58.7 cm³/mol. The molecule has 1 heterocycles. The van der Waals surface area contributed by atoms with E-state index in [9.17, 15) is 4.79 Å². The van der Waals surface area contributed by atoms with Gasteiger partial charge in [0.2, 0.25) is 0 Å². The van der Waals surface area contributed by atoms with Crippen LogP contribution in [-0.4, -0.2) is 12.6 Å². The average Bonchev–Trinajstić information content (AvgIpc) is 2.54. The number of hydrogen-bond acceptors (Lipinski definition) is 3. The molecule has 0 amide bonds. The summed E-state index contributed by atoms with van der Waals surface area (Å²) in [6.45, 7) is 6.35. The van der Waals surface area contributed by atoms with Crippen molar-refractivity contribution >= 4 is 17.3 Å². The summed E-state index contributed by atoms with van der Waals surface area (Å²) in [6, 6.07) is 2.02. The maximum atomic E-state index is 11.6. The number of carbonyl (C=O) groups is 1. The van der Waals surface area contributed by atoms with Gasteiger partial charge < -0.3 is 4.74 Å². The molecule has 2 nitrogen and oxygen atoms in total. The lowest BCUT2D eigenvalue weighted by atomic mass is 9.98. The molecule has 14 heavy (non-hydrogen) atoms. The lowest BCUT2D eigenvalue weighted by molar-refractivity contribution is -0.145. The molecular weight excluding hydrogens is 196 g/mol. The Labute approximate surface area is 88.9 Å². The molecule has 0 saturated heterocycles. The van der Waals surface area contributed by atoms with Crippen molar-refractivity contribution in [2.75, 3.05) is 6.61 Å². The second-order valence-corrected chi connectivity index (χ2v) is 4.27. The quantitative estimate of drug-likeness (QED) is 0.717. The van der Waals surface area contributed by atoms with E-state index in [0.717, 1.165) is 12.0 Å². The molecule has 0 bridgehead atoms. The van der Waals surface area contributed by atoms with Gasteiger partial charge in [0.25, 0.3) is 0 Å². The van der Waals surface area contributed by atoms with Crippen molar-refractivity contribution in [2.45, 2.75) is 33.1 Å². The SMILES string of the molecule is CCOC(=O)C(CC)c1ccsc1C. The van der Waals surface area contributed by atoms with E-state index in [0.29, 0.717) is 6.61 Å². The summed E-state index contributed by atoms with van der Waals surface area (Å²) in [7, 11) is 0. The van der Waals surface area contributed by atoms with Crippen molar-refractivity contribution < 1.29 is 9.53 Å². The van der Waals surface area contributed by atoms with E-state index >= 15 is 0 Å².